The van der Waals surface area contributed by atoms with Crippen LogP contribution in [-0.2, 0) is 22.4 Å². The maximum atomic E-state index is 12.2. The molecule has 1 aliphatic heterocycles. The molecule has 0 unspecified atom stereocenters. The van der Waals surface area contributed by atoms with Crippen LogP contribution in [-0.4, -0.2) is 40.8 Å². The van der Waals surface area contributed by atoms with E-state index in [1.165, 1.54) is 6.07 Å². The molecule has 0 bridgehead atoms. The summed E-state index contributed by atoms with van der Waals surface area (Å²) < 4.78 is 10.4. The Bertz CT molecular complexity index is 618. The quantitative estimate of drug-likeness (QED) is 0.848. The van der Waals surface area contributed by atoms with Gasteiger partial charge in [0.1, 0.15) is 11.4 Å². The highest BCUT2D eigenvalue weighted by molar-refractivity contribution is 5.92. The first-order valence-corrected chi connectivity index (χ1v) is 7.71. The van der Waals surface area contributed by atoms with Crippen molar-refractivity contribution in [1.29, 1.82) is 0 Å². The fourth-order valence-corrected chi connectivity index (χ4v) is 2.52. The number of amides is 1. The zero-order chi connectivity index (χ0) is 17.2. The molecule has 1 aromatic carbocycles. The van der Waals surface area contributed by atoms with Crippen LogP contribution in [0.5, 0.6) is 5.75 Å². The summed E-state index contributed by atoms with van der Waals surface area (Å²) in [6, 6.07) is 3.01. The first-order valence-electron chi connectivity index (χ1n) is 7.71. The molecule has 0 fully saturated rings. The van der Waals surface area contributed by atoms with Crippen molar-refractivity contribution in [3.8, 4) is 5.75 Å². The zero-order valence-electron chi connectivity index (χ0n) is 14.0. The summed E-state index contributed by atoms with van der Waals surface area (Å²) in [5, 5.41) is 9.80. The van der Waals surface area contributed by atoms with Crippen LogP contribution in [0.25, 0.3) is 0 Å². The van der Waals surface area contributed by atoms with E-state index in [1.54, 1.807) is 17.9 Å². The van der Waals surface area contributed by atoms with Gasteiger partial charge in [0.15, 0.2) is 0 Å². The Morgan fingerprint density at radius 1 is 1.30 bits per heavy atom. The van der Waals surface area contributed by atoms with E-state index >= 15 is 0 Å². The first kappa shape index (κ1) is 17.1. The van der Waals surface area contributed by atoms with E-state index in [0.717, 1.165) is 5.56 Å². The van der Waals surface area contributed by atoms with Crippen LogP contribution < -0.4 is 0 Å². The predicted molar refractivity (Wildman–Crippen MR) is 84.4 cm³/mol. The Balaban J connectivity index is 2.28. The third-order valence-corrected chi connectivity index (χ3v) is 3.47. The number of benzene rings is 1. The summed E-state index contributed by atoms with van der Waals surface area (Å²) in [4.78, 5) is 25.9. The summed E-state index contributed by atoms with van der Waals surface area (Å²) in [7, 11) is 0. The number of aromatic hydroxyl groups is 1. The molecule has 0 aromatic heterocycles. The smallest absolute Gasteiger partial charge is 0.410 e. The molecule has 1 heterocycles. The van der Waals surface area contributed by atoms with Gasteiger partial charge in [-0.3, -0.25) is 0 Å². The Labute approximate surface area is 136 Å². The van der Waals surface area contributed by atoms with Crippen LogP contribution in [0.1, 0.15) is 49.2 Å². The minimum atomic E-state index is -0.573. The highest BCUT2D eigenvalue weighted by atomic mass is 16.6. The SMILES string of the molecule is CCOC(=O)c1cc(O)cc2c1CN(C(=O)OC(C)(C)C)CC2. The number of hydrogen-bond acceptors (Lipinski definition) is 5. The van der Waals surface area contributed by atoms with Crippen molar-refractivity contribution < 1.29 is 24.2 Å². The summed E-state index contributed by atoms with van der Waals surface area (Å²) in [6.45, 7) is 8.14. The van der Waals surface area contributed by atoms with Gasteiger partial charge in [0.05, 0.1) is 18.7 Å². The Kier molecular flexibility index (Phi) is 4.82. The van der Waals surface area contributed by atoms with Crippen molar-refractivity contribution in [2.24, 2.45) is 0 Å². The number of ether oxygens (including phenoxy) is 2. The fraction of sp³-hybridized carbons (Fsp3) is 0.529. The van der Waals surface area contributed by atoms with Gasteiger partial charge in [-0.1, -0.05) is 0 Å². The average molecular weight is 321 g/mol. The van der Waals surface area contributed by atoms with Gasteiger partial charge in [0.25, 0.3) is 0 Å². The monoisotopic (exact) mass is 321 g/mol. The van der Waals surface area contributed by atoms with Crippen LogP contribution >= 0.6 is 0 Å². The standard InChI is InChI=1S/C17H23NO5/c1-5-22-15(20)13-9-12(19)8-11-6-7-18(10-14(11)13)16(21)23-17(2,3)4/h8-9,19H,5-7,10H2,1-4H3. The summed E-state index contributed by atoms with van der Waals surface area (Å²) >= 11 is 0. The van der Waals surface area contributed by atoms with Crippen molar-refractivity contribution in [2.75, 3.05) is 13.2 Å². The van der Waals surface area contributed by atoms with Gasteiger partial charge in [0, 0.05) is 6.54 Å². The van der Waals surface area contributed by atoms with Gasteiger partial charge in [-0.05, 0) is 57.4 Å². The number of phenolic OH excluding ortho intramolecular Hbond substituents is 1. The molecule has 0 aliphatic carbocycles. The topological polar surface area (TPSA) is 76.1 Å². The number of esters is 1. The molecule has 1 N–H and O–H groups in total. The van der Waals surface area contributed by atoms with Crippen LogP contribution in [0.2, 0.25) is 0 Å². The number of nitrogens with zero attached hydrogens (tertiary/aromatic N) is 1. The molecule has 0 radical (unpaired) electrons. The second kappa shape index (κ2) is 6.48. The van der Waals surface area contributed by atoms with Crippen LogP contribution in [0.4, 0.5) is 4.79 Å². The van der Waals surface area contributed by atoms with Crippen LogP contribution in [0.3, 0.4) is 0 Å². The number of carbonyl (C=O) groups excluding carboxylic acids is 2. The maximum Gasteiger partial charge on any atom is 0.410 e. The molecule has 0 saturated heterocycles. The maximum absolute atomic E-state index is 12.2. The molecule has 6 nitrogen and oxygen atoms in total. The molecule has 0 atom stereocenters. The van der Waals surface area contributed by atoms with E-state index < -0.39 is 17.7 Å². The van der Waals surface area contributed by atoms with Crippen molar-refractivity contribution in [2.45, 2.75) is 46.3 Å². The third-order valence-electron chi connectivity index (χ3n) is 3.47. The number of hydrogen-bond donors (Lipinski definition) is 1. The lowest BCUT2D eigenvalue weighted by Gasteiger charge is -2.32. The van der Waals surface area contributed by atoms with Crippen LogP contribution in [0, 0.1) is 0 Å². The van der Waals surface area contributed by atoms with E-state index in [9.17, 15) is 14.7 Å². The van der Waals surface area contributed by atoms with Gasteiger partial charge in [-0.15, -0.1) is 0 Å². The minimum absolute atomic E-state index is 0.0255. The Morgan fingerprint density at radius 3 is 2.61 bits per heavy atom. The molecular weight excluding hydrogens is 298 g/mol. The third kappa shape index (κ3) is 4.15. The molecule has 2 rings (SSSR count). The second-order valence-corrected chi connectivity index (χ2v) is 6.50. The first-order chi connectivity index (χ1) is 10.7. The van der Waals surface area contributed by atoms with E-state index in [1.807, 2.05) is 20.8 Å². The Hall–Kier alpha value is -2.24. The van der Waals surface area contributed by atoms with Gasteiger partial charge in [-0.25, -0.2) is 9.59 Å². The molecule has 23 heavy (non-hydrogen) atoms. The highest BCUT2D eigenvalue weighted by Gasteiger charge is 2.29. The molecule has 6 heteroatoms. The minimum Gasteiger partial charge on any atom is -0.508 e. The fourth-order valence-electron chi connectivity index (χ4n) is 2.52. The van der Waals surface area contributed by atoms with E-state index in [2.05, 4.69) is 0 Å². The van der Waals surface area contributed by atoms with Gasteiger partial charge in [-0.2, -0.15) is 0 Å². The van der Waals surface area contributed by atoms with Crippen molar-refractivity contribution >= 4 is 12.1 Å². The molecular formula is C17H23NO5. The normalized spacial score (nSPS) is 14.2. The largest absolute Gasteiger partial charge is 0.508 e. The number of phenols is 1. The highest BCUT2D eigenvalue weighted by Crippen LogP contribution is 2.28. The van der Waals surface area contributed by atoms with Gasteiger partial charge in [0.2, 0.25) is 0 Å². The lowest BCUT2D eigenvalue weighted by atomic mass is 9.94. The Morgan fingerprint density at radius 2 is 2.00 bits per heavy atom. The van der Waals surface area contributed by atoms with Gasteiger partial charge < -0.3 is 19.5 Å². The number of rotatable bonds is 2. The molecule has 0 saturated carbocycles. The molecule has 1 amide bonds. The lowest BCUT2D eigenvalue weighted by molar-refractivity contribution is 0.0220. The van der Waals surface area contributed by atoms with E-state index in [-0.39, 0.29) is 18.9 Å². The predicted octanol–water partition coefficient (Wildman–Crippen LogP) is 2.86. The van der Waals surface area contributed by atoms with Crippen molar-refractivity contribution in [3.63, 3.8) is 0 Å². The average Bonchev–Trinajstić information content (AvgIpc) is 2.44. The lowest BCUT2D eigenvalue weighted by Crippen LogP contribution is -2.40. The number of carbonyl (C=O) groups is 2. The van der Waals surface area contributed by atoms with E-state index in [4.69, 9.17) is 9.47 Å². The molecule has 1 aromatic rings. The van der Waals surface area contributed by atoms with Crippen molar-refractivity contribution in [1.82, 2.24) is 4.90 Å². The molecule has 0 spiro atoms. The van der Waals surface area contributed by atoms with Gasteiger partial charge >= 0.3 is 12.1 Å². The van der Waals surface area contributed by atoms with E-state index in [0.29, 0.717) is 24.1 Å². The zero-order valence-corrected chi connectivity index (χ0v) is 14.0. The van der Waals surface area contributed by atoms with Crippen molar-refractivity contribution in [3.05, 3.63) is 28.8 Å². The summed E-state index contributed by atoms with van der Waals surface area (Å²) in [5.74, 6) is -0.469. The second-order valence-electron chi connectivity index (χ2n) is 6.50. The molecule has 1 aliphatic rings. The molecule has 126 valence electrons. The summed E-state index contributed by atoms with van der Waals surface area (Å²) in [5.41, 5.74) is 1.29. The van der Waals surface area contributed by atoms with Crippen LogP contribution in [0.15, 0.2) is 12.1 Å². The number of fused-ring (bicyclic) bond motifs is 1. The summed E-state index contributed by atoms with van der Waals surface area (Å²) in [6.07, 6.45) is 0.140.